The van der Waals surface area contributed by atoms with Crippen LogP contribution in [0.2, 0.25) is 0 Å². The lowest BCUT2D eigenvalue weighted by molar-refractivity contribution is 0.590. The minimum atomic E-state index is -0.770. The van der Waals surface area contributed by atoms with Gasteiger partial charge in [0.25, 0.3) is 0 Å². The maximum absolute atomic E-state index is 13.4. The molecule has 0 aliphatic rings. The van der Waals surface area contributed by atoms with Crippen LogP contribution in [0.1, 0.15) is 5.69 Å². The van der Waals surface area contributed by atoms with Crippen LogP contribution < -0.4 is 0 Å². The van der Waals surface area contributed by atoms with Gasteiger partial charge in [0.05, 0.1) is 0 Å². The Kier molecular flexibility index (Phi) is 2.42. The first kappa shape index (κ1) is 10.3. The van der Waals surface area contributed by atoms with Gasteiger partial charge in [-0.3, -0.25) is 4.98 Å². The quantitative estimate of drug-likeness (QED) is 0.410. The summed E-state index contributed by atoms with van der Waals surface area (Å²) >= 11 is 0. The Hall–Kier alpha value is -2.20. The van der Waals surface area contributed by atoms with Gasteiger partial charge in [0.1, 0.15) is 11.3 Å². The third kappa shape index (κ3) is 1.66. The molecule has 1 heterocycles. The molecule has 6 heteroatoms. The average molecular weight is 220 g/mol. The Morgan fingerprint density at radius 2 is 2.06 bits per heavy atom. The Balaban J connectivity index is 2.94. The van der Waals surface area contributed by atoms with E-state index in [0.717, 1.165) is 12.1 Å². The van der Waals surface area contributed by atoms with E-state index >= 15 is 0 Å². The molecule has 0 spiro atoms. The molecule has 2 aromatic rings. The summed E-state index contributed by atoms with van der Waals surface area (Å²) in [5.41, 5.74) is 9.03. The molecule has 2 rings (SSSR count). The second kappa shape index (κ2) is 3.75. The highest BCUT2D eigenvalue weighted by atomic mass is 19.1. The van der Waals surface area contributed by atoms with E-state index in [2.05, 4.69) is 15.0 Å². The summed E-state index contributed by atoms with van der Waals surface area (Å²) in [6, 6.07) is 3.31. The number of hydrogen-bond acceptors (Lipinski definition) is 2. The third-order valence-electron chi connectivity index (χ3n) is 2.09. The fourth-order valence-corrected chi connectivity index (χ4v) is 1.49. The molecule has 80 valence electrons. The highest BCUT2D eigenvalue weighted by Gasteiger charge is 2.09. The maximum atomic E-state index is 13.4. The molecule has 0 unspecified atom stereocenters. The second-order valence-electron chi connectivity index (χ2n) is 3.26. The zero-order valence-electron chi connectivity index (χ0n) is 8.28. The summed E-state index contributed by atoms with van der Waals surface area (Å²) in [5.74, 6) is -1.50. The van der Waals surface area contributed by atoms with Crippen LogP contribution in [-0.2, 0) is 0 Å². The molecular weight excluding hydrogens is 214 g/mol. The lowest BCUT2D eigenvalue weighted by Gasteiger charge is -2.04. The number of hydrogen-bond donors (Lipinski definition) is 0. The molecular formula is C10H6F2N4. The molecule has 0 saturated carbocycles. The van der Waals surface area contributed by atoms with Gasteiger partial charge in [-0.15, -0.1) is 0 Å². The van der Waals surface area contributed by atoms with Gasteiger partial charge in [-0.1, -0.05) is 5.11 Å². The molecule has 0 radical (unpaired) electrons. The van der Waals surface area contributed by atoms with Crippen molar-refractivity contribution in [2.45, 2.75) is 6.92 Å². The first-order valence-corrected chi connectivity index (χ1v) is 4.43. The van der Waals surface area contributed by atoms with Crippen molar-refractivity contribution in [1.29, 1.82) is 0 Å². The summed E-state index contributed by atoms with van der Waals surface area (Å²) in [6.45, 7) is 1.64. The molecule has 4 nitrogen and oxygen atoms in total. The third-order valence-corrected chi connectivity index (χ3v) is 2.09. The first-order chi connectivity index (χ1) is 7.61. The zero-order valence-corrected chi connectivity index (χ0v) is 8.28. The van der Waals surface area contributed by atoms with E-state index < -0.39 is 11.6 Å². The summed E-state index contributed by atoms with van der Waals surface area (Å²) in [6.07, 6.45) is 0. The minimum Gasteiger partial charge on any atom is -0.250 e. The number of pyridine rings is 1. The fraction of sp³-hybridized carbons (Fsp3) is 0.100. The van der Waals surface area contributed by atoms with E-state index in [0.29, 0.717) is 5.69 Å². The molecule has 0 bridgehead atoms. The smallest absolute Gasteiger partial charge is 0.152 e. The van der Waals surface area contributed by atoms with Crippen LogP contribution in [0.25, 0.3) is 21.3 Å². The van der Waals surface area contributed by atoms with Crippen molar-refractivity contribution in [3.8, 4) is 0 Å². The van der Waals surface area contributed by atoms with Crippen LogP contribution in [0.3, 0.4) is 0 Å². The number of aromatic nitrogens is 1. The van der Waals surface area contributed by atoms with Crippen LogP contribution in [0.15, 0.2) is 23.3 Å². The number of rotatable bonds is 1. The lowest BCUT2D eigenvalue weighted by Crippen LogP contribution is -1.90. The van der Waals surface area contributed by atoms with Crippen LogP contribution >= 0.6 is 0 Å². The molecule has 0 aliphatic carbocycles. The van der Waals surface area contributed by atoms with Gasteiger partial charge in [-0.05, 0) is 24.6 Å². The first-order valence-electron chi connectivity index (χ1n) is 4.43. The fourth-order valence-electron chi connectivity index (χ4n) is 1.49. The molecule has 16 heavy (non-hydrogen) atoms. The van der Waals surface area contributed by atoms with Crippen molar-refractivity contribution in [3.63, 3.8) is 0 Å². The van der Waals surface area contributed by atoms with Gasteiger partial charge in [0, 0.05) is 27.7 Å². The molecule has 0 saturated heterocycles. The van der Waals surface area contributed by atoms with E-state index in [9.17, 15) is 8.78 Å². The largest absolute Gasteiger partial charge is 0.250 e. The number of fused-ring (bicyclic) bond motifs is 1. The van der Waals surface area contributed by atoms with Gasteiger partial charge in [-0.25, -0.2) is 8.78 Å². The number of nitrogens with zero attached hydrogens (tertiary/aromatic N) is 4. The van der Waals surface area contributed by atoms with Gasteiger partial charge in [0.15, 0.2) is 5.82 Å². The predicted molar refractivity (Wildman–Crippen MR) is 55.2 cm³/mol. The maximum Gasteiger partial charge on any atom is 0.152 e. The topological polar surface area (TPSA) is 61.7 Å². The molecule has 0 amide bonds. The Labute approximate surface area is 89.2 Å². The van der Waals surface area contributed by atoms with E-state index in [-0.39, 0.29) is 16.6 Å². The van der Waals surface area contributed by atoms with Gasteiger partial charge in [-0.2, -0.15) is 0 Å². The van der Waals surface area contributed by atoms with Gasteiger partial charge < -0.3 is 0 Å². The van der Waals surface area contributed by atoms with Crippen molar-refractivity contribution in [2.24, 2.45) is 5.11 Å². The summed E-state index contributed by atoms with van der Waals surface area (Å²) in [4.78, 5) is 6.54. The second-order valence-corrected chi connectivity index (χ2v) is 3.26. The Morgan fingerprint density at radius 1 is 1.31 bits per heavy atom. The highest BCUT2D eigenvalue weighted by molar-refractivity contribution is 5.90. The van der Waals surface area contributed by atoms with E-state index in [4.69, 9.17) is 5.53 Å². The van der Waals surface area contributed by atoms with Crippen molar-refractivity contribution in [1.82, 2.24) is 4.98 Å². The SMILES string of the molecule is Cc1cc(N=[N+]=[N-])c2cc(F)cc(F)c2n1. The Morgan fingerprint density at radius 3 is 2.75 bits per heavy atom. The monoisotopic (exact) mass is 220 g/mol. The van der Waals surface area contributed by atoms with Crippen LogP contribution in [-0.4, -0.2) is 4.98 Å². The number of halogens is 2. The molecule has 1 aromatic heterocycles. The van der Waals surface area contributed by atoms with E-state index in [1.807, 2.05) is 0 Å². The lowest BCUT2D eigenvalue weighted by atomic mass is 10.1. The number of aryl methyl sites for hydroxylation is 1. The van der Waals surface area contributed by atoms with Gasteiger partial charge >= 0.3 is 0 Å². The van der Waals surface area contributed by atoms with Crippen molar-refractivity contribution in [3.05, 3.63) is 46.0 Å². The highest BCUT2D eigenvalue weighted by Crippen LogP contribution is 2.28. The summed E-state index contributed by atoms with van der Waals surface area (Å²) in [5, 5.41) is 3.55. The minimum absolute atomic E-state index is 0.00352. The van der Waals surface area contributed by atoms with Crippen LogP contribution in [0.4, 0.5) is 14.5 Å². The van der Waals surface area contributed by atoms with Crippen LogP contribution in [0.5, 0.6) is 0 Å². The Bertz CT molecular complexity index is 618. The zero-order chi connectivity index (χ0) is 11.7. The number of azide groups is 1. The summed E-state index contributed by atoms with van der Waals surface area (Å²) in [7, 11) is 0. The van der Waals surface area contributed by atoms with Crippen molar-refractivity contribution < 1.29 is 8.78 Å². The van der Waals surface area contributed by atoms with Crippen molar-refractivity contribution >= 4 is 16.6 Å². The molecule has 1 aromatic carbocycles. The van der Waals surface area contributed by atoms with Crippen LogP contribution in [0, 0.1) is 18.6 Å². The van der Waals surface area contributed by atoms with Gasteiger partial charge in [0.2, 0.25) is 0 Å². The van der Waals surface area contributed by atoms with E-state index in [1.54, 1.807) is 6.92 Å². The molecule has 0 atom stereocenters. The summed E-state index contributed by atoms with van der Waals surface area (Å²) < 4.78 is 26.4. The molecule has 0 N–H and O–H groups in total. The standard InChI is InChI=1S/C10H6F2N4/c1-5-2-9(15-16-13)7-3-6(11)4-8(12)10(7)14-5/h2-4H,1H3. The van der Waals surface area contributed by atoms with Crippen molar-refractivity contribution in [2.75, 3.05) is 0 Å². The molecule has 0 fully saturated rings. The average Bonchev–Trinajstić information content (AvgIpc) is 2.20. The number of benzene rings is 1. The predicted octanol–water partition coefficient (Wildman–Crippen LogP) is 3.76. The van der Waals surface area contributed by atoms with E-state index in [1.165, 1.54) is 6.07 Å². The normalized spacial score (nSPS) is 10.2. The molecule has 0 aliphatic heterocycles.